The number of nitrogens with zero attached hydrogens (tertiary/aromatic N) is 4. The number of ether oxygens (including phenoxy) is 1. The lowest BCUT2D eigenvalue weighted by molar-refractivity contribution is -0.131. The van der Waals surface area contributed by atoms with Crippen LogP contribution in [0.1, 0.15) is 55.3 Å². The Bertz CT molecular complexity index is 964. The van der Waals surface area contributed by atoms with Crippen molar-refractivity contribution in [2.24, 2.45) is 0 Å². The first-order chi connectivity index (χ1) is 14.6. The fourth-order valence-electron chi connectivity index (χ4n) is 3.66. The summed E-state index contributed by atoms with van der Waals surface area (Å²) in [5, 5.41) is 6.99. The first-order valence-electron chi connectivity index (χ1n) is 10.4. The van der Waals surface area contributed by atoms with Gasteiger partial charge in [-0.15, -0.1) is 11.3 Å². The summed E-state index contributed by atoms with van der Waals surface area (Å²) < 4.78 is 11.1. The van der Waals surface area contributed by atoms with Gasteiger partial charge in [0.15, 0.2) is 0 Å². The van der Waals surface area contributed by atoms with Crippen molar-refractivity contribution >= 4 is 17.2 Å². The third-order valence-corrected chi connectivity index (χ3v) is 6.39. The van der Waals surface area contributed by atoms with E-state index >= 15 is 0 Å². The molecule has 1 aromatic carbocycles. The van der Waals surface area contributed by atoms with Crippen LogP contribution < -0.4 is 0 Å². The molecular weight excluding hydrogens is 400 g/mol. The Hall–Kier alpha value is -2.58. The van der Waals surface area contributed by atoms with Crippen molar-refractivity contribution in [3.8, 4) is 11.4 Å². The van der Waals surface area contributed by atoms with Gasteiger partial charge in [0, 0.05) is 36.6 Å². The number of hydrogen-bond donors (Lipinski definition) is 0. The second kappa shape index (κ2) is 9.49. The molecule has 0 spiro atoms. The van der Waals surface area contributed by atoms with Gasteiger partial charge >= 0.3 is 0 Å². The zero-order valence-electron chi connectivity index (χ0n) is 17.3. The number of carbonyl (C=O) groups excluding carboxylic acids is 1. The van der Waals surface area contributed by atoms with Crippen LogP contribution in [0.2, 0.25) is 0 Å². The minimum Gasteiger partial charge on any atom is -0.372 e. The van der Waals surface area contributed by atoms with Crippen molar-refractivity contribution in [3.05, 3.63) is 52.3 Å². The van der Waals surface area contributed by atoms with Gasteiger partial charge in [0.05, 0.1) is 12.1 Å². The Morgan fingerprint density at radius 3 is 2.77 bits per heavy atom. The van der Waals surface area contributed by atoms with Crippen molar-refractivity contribution < 1.29 is 14.1 Å². The lowest BCUT2D eigenvalue weighted by atomic mass is 9.96. The van der Waals surface area contributed by atoms with Crippen LogP contribution in [0, 0.1) is 0 Å². The zero-order chi connectivity index (χ0) is 20.9. The standard InChI is InChI=1S/C22H26N4O3S/c1-3-28-15(2)22-23-18(14-30-22)13-19(27)26-11-9-17(10-12-26)21-24-20(25-29-21)16-7-5-4-6-8-16/h4-8,14-15,17H,3,9-13H2,1-2H3. The predicted octanol–water partition coefficient (Wildman–Crippen LogP) is 4.24. The number of likely N-dealkylation sites (tertiary alicyclic amines) is 1. The fourth-order valence-corrected chi connectivity index (χ4v) is 4.48. The molecule has 7 nitrogen and oxygen atoms in total. The zero-order valence-corrected chi connectivity index (χ0v) is 18.1. The number of amides is 1. The van der Waals surface area contributed by atoms with Crippen molar-refractivity contribution in [1.29, 1.82) is 0 Å². The number of carbonyl (C=O) groups is 1. The molecule has 1 amide bonds. The Labute approximate surface area is 180 Å². The summed E-state index contributed by atoms with van der Waals surface area (Å²) in [4.78, 5) is 23.8. The van der Waals surface area contributed by atoms with E-state index in [4.69, 9.17) is 9.26 Å². The van der Waals surface area contributed by atoms with Crippen LogP contribution in [0.3, 0.4) is 0 Å². The van der Waals surface area contributed by atoms with Crippen LogP contribution in [-0.4, -0.2) is 45.6 Å². The minimum atomic E-state index is -0.0326. The number of thiazole rings is 1. The summed E-state index contributed by atoms with van der Waals surface area (Å²) in [6, 6.07) is 9.81. The van der Waals surface area contributed by atoms with Crippen LogP contribution in [0.4, 0.5) is 0 Å². The molecule has 8 heteroatoms. The van der Waals surface area contributed by atoms with Crippen molar-refractivity contribution in [3.63, 3.8) is 0 Å². The van der Waals surface area contributed by atoms with Crippen LogP contribution in [0.25, 0.3) is 11.4 Å². The monoisotopic (exact) mass is 426 g/mol. The van der Waals surface area contributed by atoms with Gasteiger partial charge in [-0.3, -0.25) is 4.79 Å². The molecule has 1 aliphatic rings. The van der Waals surface area contributed by atoms with E-state index in [1.807, 2.05) is 54.5 Å². The van der Waals surface area contributed by atoms with Gasteiger partial charge in [-0.1, -0.05) is 35.5 Å². The molecule has 0 aliphatic carbocycles. The third kappa shape index (κ3) is 4.76. The largest absolute Gasteiger partial charge is 0.372 e. The average Bonchev–Trinajstić information content (AvgIpc) is 3.45. The van der Waals surface area contributed by atoms with Gasteiger partial charge in [-0.05, 0) is 26.7 Å². The molecule has 1 aliphatic heterocycles. The lowest BCUT2D eigenvalue weighted by Gasteiger charge is -2.30. The predicted molar refractivity (Wildman–Crippen MR) is 114 cm³/mol. The SMILES string of the molecule is CCOC(C)c1nc(CC(=O)N2CCC(c3nc(-c4ccccc4)no3)CC2)cs1. The summed E-state index contributed by atoms with van der Waals surface area (Å²) in [6.07, 6.45) is 1.95. The first-order valence-corrected chi connectivity index (χ1v) is 11.2. The molecule has 0 saturated carbocycles. The summed E-state index contributed by atoms with van der Waals surface area (Å²) in [6.45, 7) is 5.99. The lowest BCUT2D eigenvalue weighted by Crippen LogP contribution is -2.38. The fraction of sp³-hybridized carbons (Fsp3) is 0.455. The van der Waals surface area contributed by atoms with Gasteiger partial charge in [-0.2, -0.15) is 4.98 Å². The highest BCUT2D eigenvalue weighted by Gasteiger charge is 2.28. The second-order valence-corrected chi connectivity index (χ2v) is 8.32. The van der Waals surface area contributed by atoms with Crippen LogP contribution in [0.15, 0.2) is 40.2 Å². The Balaban J connectivity index is 1.30. The maximum Gasteiger partial charge on any atom is 0.230 e. The summed E-state index contributed by atoms with van der Waals surface area (Å²) in [7, 11) is 0. The molecular formula is C22H26N4O3S. The van der Waals surface area contributed by atoms with Crippen molar-refractivity contribution in [2.75, 3.05) is 19.7 Å². The van der Waals surface area contributed by atoms with E-state index < -0.39 is 0 Å². The summed E-state index contributed by atoms with van der Waals surface area (Å²) >= 11 is 1.55. The average molecular weight is 427 g/mol. The molecule has 1 unspecified atom stereocenters. The molecule has 3 aromatic rings. The maximum atomic E-state index is 12.7. The maximum absolute atomic E-state index is 12.7. The van der Waals surface area contributed by atoms with Crippen molar-refractivity contribution in [1.82, 2.24) is 20.0 Å². The molecule has 4 rings (SSSR count). The highest BCUT2D eigenvalue weighted by Crippen LogP contribution is 2.29. The van der Waals surface area contributed by atoms with E-state index in [1.165, 1.54) is 0 Å². The molecule has 2 aromatic heterocycles. The number of aromatic nitrogens is 3. The third-order valence-electron chi connectivity index (χ3n) is 5.34. The van der Waals surface area contributed by atoms with Gasteiger partial charge in [0.1, 0.15) is 11.1 Å². The molecule has 0 N–H and O–H groups in total. The Morgan fingerprint density at radius 2 is 2.03 bits per heavy atom. The molecule has 30 heavy (non-hydrogen) atoms. The first kappa shape index (κ1) is 20.7. The minimum absolute atomic E-state index is 0.0326. The second-order valence-electron chi connectivity index (χ2n) is 7.43. The summed E-state index contributed by atoms with van der Waals surface area (Å²) in [5.41, 5.74) is 1.76. The van der Waals surface area contributed by atoms with E-state index in [0.717, 1.165) is 29.1 Å². The molecule has 1 atom stereocenters. The number of benzene rings is 1. The molecule has 0 radical (unpaired) electrons. The van der Waals surface area contributed by atoms with Gasteiger partial charge in [-0.25, -0.2) is 4.98 Å². The van der Waals surface area contributed by atoms with Gasteiger partial charge < -0.3 is 14.2 Å². The van der Waals surface area contributed by atoms with Crippen molar-refractivity contribution in [2.45, 2.75) is 45.1 Å². The smallest absolute Gasteiger partial charge is 0.230 e. The van der Waals surface area contributed by atoms with Gasteiger partial charge in [0.25, 0.3) is 0 Å². The number of piperidine rings is 1. The van der Waals surface area contributed by atoms with Crippen LogP contribution >= 0.6 is 11.3 Å². The number of rotatable bonds is 7. The number of hydrogen-bond acceptors (Lipinski definition) is 7. The van der Waals surface area contributed by atoms with E-state index in [2.05, 4.69) is 15.1 Å². The highest BCUT2D eigenvalue weighted by molar-refractivity contribution is 7.09. The normalized spacial score (nSPS) is 16.0. The topological polar surface area (TPSA) is 81.4 Å². The van der Waals surface area contributed by atoms with Crippen LogP contribution in [0.5, 0.6) is 0 Å². The highest BCUT2D eigenvalue weighted by atomic mass is 32.1. The molecule has 3 heterocycles. The van der Waals surface area contributed by atoms with E-state index in [1.54, 1.807) is 11.3 Å². The van der Waals surface area contributed by atoms with E-state index in [0.29, 0.717) is 37.8 Å². The van der Waals surface area contributed by atoms with E-state index in [-0.39, 0.29) is 17.9 Å². The molecule has 158 valence electrons. The van der Waals surface area contributed by atoms with Gasteiger partial charge in [0.2, 0.25) is 17.6 Å². The Kier molecular flexibility index (Phi) is 6.54. The Morgan fingerprint density at radius 1 is 1.27 bits per heavy atom. The molecule has 1 fully saturated rings. The molecule has 0 bridgehead atoms. The van der Waals surface area contributed by atoms with E-state index in [9.17, 15) is 4.79 Å². The summed E-state index contributed by atoms with van der Waals surface area (Å²) in [5.74, 6) is 1.58. The van der Waals surface area contributed by atoms with Crippen LogP contribution in [-0.2, 0) is 16.0 Å². The molecule has 1 saturated heterocycles. The quantitative estimate of drug-likeness (QED) is 0.562.